The van der Waals surface area contributed by atoms with Gasteiger partial charge >= 0.3 is 5.97 Å². The van der Waals surface area contributed by atoms with Crippen LogP contribution in [-0.2, 0) is 14.3 Å². The lowest BCUT2D eigenvalue weighted by Gasteiger charge is -2.13. The van der Waals surface area contributed by atoms with Gasteiger partial charge in [0.05, 0.1) is 13.2 Å². The zero-order chi connectivity index (χ0) is 21.6. The third kappa shape index (κ3) is 5.22. The molecule has 31 heavy (non-hydrogen) atoms. The number of carbonyl (C=O) groups is 2. The number of carbonyl (C=O) groups excluding carboxylic acids is 2. The van der Waals surface area contributed by atoms with Crippen molar-refractivity contribution in [3.63, 3.8) is 0 Å². The van der Waals surface area contributed by atoms with Crippen molar-refractivity contribution in [1.82, 2.24) is 0 Å². The first kappa shape index (κ1) is 20.5. The highest BCUT2D eigenvalue weighted by Crippen LogP contribution is 2.30. The Balaban J connectivity index is 1.34. The summed E-state index contributed by atoms with van der Waals surface area (Å²) in [6.45, 7) is 2.75. The van der Waals surface area contributed by atoms with Crippen LogP contribution < -0.4 is 14.8 Å². The van der Waals surface area contributed by atoms with Crippen LogP contribution in [0.15, 0.2) is 66.7 Å². The first-order valence-corrected chi connectivity index (χ1v) is 10.2. The summed E-state index contributed by atoms with van der Waals surface area (Å²) in [5.41, 5.74) is 1.42. The maximum atomic E-state index is 12.4. The second kappa shape index (κ2) is 9.34. The van der Waals surface area contributed by atoms with E-state index in [1.165, 1.54) is 13.0 Å². The molecule has 0 radical (unpaired) electrons. The van der Waals surface area contributed by atoms with Crippen LogP contribution in [-0.4, -0.2) is 31.2 Å². The monoisotopic (exact) mass is 417 g/mol. The number of anilines is 1. The van der Waals surface area contributed by atoms with Gasteiger partial charge < -0.3 is 19.5 Å². The number of ether oxygens (including phenoxy) is 3. The molecule has 1 aliphatic rings. The second-order valence-electron chi connectivity index (χ2n) is 7.22. The number of nitrogens with one attached hydrogen (secondary N) is 1. The average molecular weight is 417 g/mol. The van der Waals surface area contributed by atoms with E-state index in [9.17, 15) is 9.59 Å². The number of amides is 1. The maximum Gasteiger partial charge on any atom is 0.331 e. The van der Waals surface area contributed by atoms with Crippen LogP contribution in [0.5, 0.6) is 11.5 Å². The molecule has 0 saturated carbocycles. The van der Waals surface area contributed by atoms with Crippen LogP contribution >= 0.6 is 0 Å². The number of esters is 1. The third-order valence-corrected chi connectivity index (χ3v) is 4.86. The van der Waals surface area contributed by atoms with Crippen molar-refractivity contribution < 1.29 is 23.8 Å². The van der Waals surface area contributed by atoms with Gasteiger partial charge in [-0.2, -0.15) is 0 Å². The molecule has 6 heteroatoms. The number of rotatable bonds is 5. The fourth-order valence-electron chi connectivity index (χ4n) is 3.23. The summed E-state index contributed by atoms with van der Waals surface area (Å²) in [6, 6.07) is 18.9. The SMILES string of the molecule is C[C@H](OC(=O)/C=C/c1ccc2c(c1)OCCCO2)C(=O)Nc1ccc2ccccc2c1. The minimum atomic E-state index is -0.938. The van der Waals surface area contributed by atoms with Gasteiger partial charge in [0.15, 0.2) is 17.6 Å². The number of benzene rings is 3. The Morgan fingerprint density at radius 1 is 0.968 bits per heavy atom. The fraction of sp³-hybridized carbons (Fsp3) is 0.200. The molecule has 3 aromatic carbocycles. The zero-order valence-electron chi connectivity index (χ0n) is 17.2. The zero-order valence-corrected chi connectivity index (χ0v) is 17.2. The Morgan fingerprint density at radius 2 is 1.74 bits per heavy atom. The van der Waals surface area contributed by atoms with E-state index in [1.54, 1.807) is 12.1 Å². The smallest absolute Gasteiger partial charge is 0.331 e. The normalized spacial score (nSPS) is 14.1. The highest BCUT2D eigenvalue weighted by atomic mass is 16.5. The van der Waals surface area contributed by atoms with Gasteiger partial charge in [-0.1, -0.05) is 36.4 Å². The van der Waals surface area contributed by atoms with Crippen molar-refractivity contribution in [2.45, 2.75) is 19.4 Å². The standard InChI is InChI=1S/C25H23NO5/c1-17(25(28)26-21-10-9-19-5-2-3-6-20(19)16-21)31-24(27)12-8-18-7-11-22-23(15-18)30-14-4-13-29-22/h2-3,5-12,15-17H,4,13-14H2,1H3,(H,26,28)/b12-8+/t17-/m0/s1. The molecule has 0 fully saturated rings. The molecule has 1 aliphatic heterocycles. The predicted molar refractivity (Wildman–Crippen MR) is 119 cm³/mol. The molecule has 1 heterocycles. The van der Waals surface area contributed by atoms with Crippen molar-refractivity contribution in [3.8, 4) is 11.5 Å². The lowest BCUT2D eigenvalue weighted by Crippen LogP contribution is -2.29. The molecular formula is C25H23NO5. The van der Waals surface area contributed by atoms with Gasteiger partial charge in [-0.05, 0) is 53.6 Å². The summed E-state index contributed by atoms with van der Waals surface area (Å²) < 4.78 is 16.5. The first-order chi connectivity index (χ1) is 15.1. The Kier molecular flexibility index (Phi) is 6.17. The van der Waals surface area contributed by atoms with E-state index in [1.807, 2.05) is 54.6 Å². The summed E-state index contributed by atoms with van der Waals surface area (Å²) in [4.78, 5) is 24.6. The summed E-state index contributed by atoms with van der Waals surface area (Å²) in [5.74, 6) is 0.341. The van der Waals surface area contributed by atoms with Crippen molar-refractivity contribution in [3.05, 3.63) is 72.3 Å². The summed E-state index contributed by atoms with van der Waals surface area (Å²) >= 11 is 0. The molecule has 0 aliphatic carbocycles. The minimum absolute atomic E-state index is 0.396. The van der Waals surface area contributed by atoms with Crippen molar-refractivity contribution in [2.75, 3.05) is 18.5 Å². The van der Waals surface area contributed by atoms with Crippen LogP contribution in [0.4, 0.5) is 5.69 Å². The van der Waals surface area contributed by atoms with Crippen LogP contribution in [0.3, 0.4) is 0 Å². The molecule has 0 saturated heterocycles. The third-order valence-electron chi connectivity index (χ3n) is 4.86. The average Bonchev–Trinajstić information content (AvgIpc) is 3.02. The molecule has 4 rings (SSSR count). The van der Waals surface area contributed by atoms with Crippen LogP contribution in [0, 0.1) is 0 Å². The molecule has 1 atom stereocenters. The quantitative estimate of drug-likeness (QED) is 0.486. The topological polar surface area (TPSA) is 73.9 Å². The first-order valence-electron chi connectivity index (χ1n) is 10.2. The van der Waals surface area contributed by atoms with Crippen molar-refractivity contribution >= 4 is 34.4 Å². The molecule has 158 valence electrons. The second-order valence-corrected chi connectivity index (χ2v) is 7.22. The largest absolute Gasteiger partial charge is 0.490 e. The van der Waals surface area contributed by atoms with E-state index < -0.39 is 18.0 Å². The summed E-state index contributed by atoms with van der Waals surface area (Å²) in [7, 11) is 0. The van der Waals surface area contributed by atoms with Crippen molar-refractivity contribution in [1.29, 1.82) is 0 Å². The number of hydrogen-bond donors (Lipinski definition) is 1. The maximum absolute atomic E-state index is 12.4. The van der Waals surface area contributed by atoms with Gasteiger partial charge in [0, 0.05) is 18.2 Å². The molecule has 0 aromatic heterocycles. The van der Waals surface area contributed by atoms with E-state index >= 15 is 0 Å². The Labute approximate surface area is 180 Å². The Bertz CT molecular complexity index is 1140. The van der Waals surface area contributed by atoms with Crippen LogP contribution in [0.25, 0.3) is 16.8 Å². The Hall–Kier alpha value is -3.80. The lowest BCUT2D eigenvalue weighted by atomic mass is 10.1. The van der Waals surface area contributed by atoms with Gasteiger partial charge in [0.2, 0.25) is 0 Å². The molecule has 0 spiro atoms. The van der Waals surface area contributed by atoms with Gasteiger partial charge in [0.1, 0.15) is 0 Å². The number of hydrogen-bond acceptors (Lipinski definition) is 5. The van der Waals surface area contributed by atoms with Gasteiger partial charge in [-0.3, -0.25) is 4.79 Å². The lowest BCUT2D eigenvalue weighted by molar-refractivity contribution is -0.148. The summed E-state index contributed by atoms with van der Waals surface area (Å²) in [5, 5.41) is 4.88. The van der Waals surface area contributed by atoms with Crippen molar-refractivity contribution in [2.24, 2.45) is 0 Å². The summed E-state index contributed by atoms with van der Waals surface area (Å²) in [6.07, 6.45) is 2.79. The van der Waals surface area contributed by atoms with E-state index in [0.717, 1.165) is 22.8 Å². The minimum Gasteiger partial charge on any atom is -0.490 e. The van der Waals surface area contributed by atoms with E-state index in [0.29, 0.717) is 30.4 Å². The molecular weight excluding hydrogens is 394 g/mol. The highest BCUT2D eigenvalue weighted by molar-refractivity contribution is 5.98. The van der Waals surface area contributed by atoms with Gasteiger partial charge in [0.25, 0.3) is 5.91 Å². The van der Waals surface area contributed by atoms with E-state index in [4.69, 9.17) is 14.2 Å². The van der Waals surface area contributed by atoms with E-state index in [2.05, 4.69) is 5.32 Å². The molecule has 1 N–H and O–H groups in total. The fourth-order valence-corrected chi connectivity index (χ4v) is 3.23. The Morgan fingerprint density at radius 3 is 2.58 bits per heavy atom. The van der Waals surface area contributed by atoms with Gasteiger partial charge in [-0.15, -0.1) is 0 Å². The van der Waals surface area contributed by atoms with Crippen LogP contribution in [0.1, 0.15) is 18.9 Å². The van der Waals surface area contributed by atoms with Crippen LogP contribution in [0.2, 0.25) is 0 Å². The molecule has 0 bridgehead atoms. The number of fused-ring (bicyclic) bond motifs is 2. The van der Waals surface area contributed by atoms with Gasteiger partial charge in [-0.25, -0.2) is 4.79 Å². The molecule has 3 aromatic rings. The predicted octanol–water partition coefficient (Wildman–Crippen LogP) is 4.58. The molecule has 6 nitrogen and oxygen atoms in total. The highest BCUT2D eigenvalue weighted by Gasteiger charge is 2.17. The molecule has 1 amide bonds. The van der Waals surface area contributed by atoms with E-state index in [-0.39, 0.29) is 0 Å². The molecule has 0 unspecified atom stereocenters.